The van der Waals surface area contributed by atoms with Crippen molar-refractivity contribution in [2.45, 2.75) is 6.92 Å². The molecule has 0 radical (unpaired) electrons. The standard InChI is InChI=1S/C14H18FNO3/c1-3-16(9-10-19-2)14-11(7-8-13(17)18)5-4-6-12(14)15/h4-8H,3,9-10H2,1-2H3,(H,17,18)/b8-7+. The number of aliphatic carboxylic acids is 1. The summed E-state index contributed by atoms with van der Waals surface area (Å²) in [6.07, 6.45) is 2.40. The maximum atomic E-state index is 14.0. The molecule has 0 bridgehead atoms. The molecule has 19 heavy (non-hydrogen) atoms. The number of carboxylic acids is 1. The Balaban J connectivity index is 3.11. The summed E-state index contributed by atoms with van der Waals surface area (Å²) in [6, 6.07) is 4.61. The van der Waals surface area contributed by atoms with Crippen molar-refractivity contribution in [3.63, 3.8) is 0 Å². The van der Waals surface area contributed by atoms with Crippen molar-refractivity contribution in [3.05, 3.63) is 35.7 Å². The maximum absolute atomic E-state index is 14.0. The number of likely N-dealkylation sites (N-methyl/N-ethyl adjacent to an activating group) is 1. The Kier molecular flexibility index (Phi) is 6.02. The lowest BCUT2D eigenvalue weighted by Crippen LogP contribution is -2.28. The molecule has 1 rings (SSSR count). The smallest absolute Gasteiger partial charge is 0.328 e. The highest BCUT2D eigenvalue weighted by molar-refractivity contribution is 5.87. The van der Waals surface area contributed by atoms with Crippen LogP contribution in [0.15, 0.2) is 24.3 Å². The van der Waals surface area contributed by atoms with Crippen molar-refractivity contribution < 1.29 is 19.0 Å². The van der Waals surface area contributed by atoms with Gasteiger partial charge in [0.2, 0.25) is 0 Å². The Morgan fingerprint density at radius 3 is 2.84 bits per heavy atom. The van der Waals surface area contributed by atoms with Gasteiger partial charge in [0.1, 0.15) is 5.82 Å². The third kappa shape index (κ3) is 4.37. The number of carbonyl (C=O) groups is 1. The number of ether oxygens (including phenoxy) is 1. The van der Waals surface area contributed by atoms with Crippen LogP contribution in [0.1, 0.15) is 12.5 Å². The Hall–Kier alpha value is -1.88. The number of hydrogen-bond donors (Lipinski definition) is 1. The van der Waals surface area contributed by atoms with Crippen molar-refractivity contribution in [2.75, 3.05) is 31.7 Å². The van der Waals surface area contributed by atoms with Crippen molar-refractivity contribution in [2.24, 2.45) is 0 Å². The van der Waals surface area contributed by atoms with Gasteiger partial charge in [-0.3, -0.25) is 0 Å². The van der Waals surface area contributed by atoms with Crippen molar-refractivity contribution in [1.29, 1.82) is 0 Å². The zero-order valence-electron chi connectivity index (χ0n) is 11.1. The van der Waals surface area contributed by atoms with E-state index in [0.717, 1.165) is 6.08 Å². The van der Waals surface area contributed by atoms with Gasteiger partial charge in [-0.15, -0.1) is 0 Å². The van der Waals surface area contributed by atoms with Crippen LogP contribution in [0.5, 0.6) is 0 Å². The van der Waals surface area contributed by atoms with E-state index in [0.29, 0.717) is 30.9 Å². The molecular weight excluding hydrogens is 249 g/mol. The minimum atomic E-state index is -1.06. The second-order valence-electron chi connectivity index (χ2n) is 3.92. The molecular formula is C14H18FNO3. The molecule has 0 aromatic heterocycles. The third-order valence-corrected chi connectivity index (χ3v) is 2.69. The minimum Gasteiger partial charge on any atom is -0.478 e. The van der Waals surface area contributed by atoms with Gasteiger partial charge in [-0.2, -0.15) is 0 Å². The van der Waals surface area contributed by atoms with E-state index >= 15 is 0 Å². The van der Waals surface area contributed by atoms with Crippen molar-refractivity contribution in [1.82, 2.24) is 0 Å². The molecule has 0 aliphatic carbocycles. The van der Waals surface area contributed by atoms with Gasteiger partial charge in [-0.25, -0.2) is 9.18 Å². The molecule has 0 saturated heterocycles. The van der Waals surface area contributed by atoms with Gasteiger partial charge in [0.05, 0.1) is 12.3 Å². The molecule has 0 aliphatic rings. The molecule has 0 unspecified atom stereocenters. The molecule has 4 nitrogen and oxygen atoms in total. The molecule has 0 spiro atoms. The fourth-order valence-corrected chi connectivity index (χ4v) is 1.79. The normalized spacial score (nSPS) is 10.9. The number of halogens is 1. The van der Waals surface area contributed by atoms with Crippen LogP contribution in [0.4, 0.5) is 10.1 Å². The summed E-state index contributed by atoms with van der Waals surface area (Å²) in [7, 11) is 1.58. The topological polar surface area (TPSA) is 49.8 Å². The van der Waals surface area contributed by atoms with Crippen LogP contribution in [0.3, 0.4) is 0 Å². The van der Waals surface area contributed by atoms with E-state index in [9.17, 15) is 9.18 Å². The first-order valence-electron chi connectivity index (χ1n) is 6.03. The average Bonchev–Trinajstić information content (AvgIpc) is 2.39. The SMILES string of the molecule is CCN(CCOC)c1c(F)cccc1/C=C/C(=O)O. The summed E-state index contributed by atoms with van der Waals surface area (Å²) >= 11 is 0. The van der Waals surface area contributed by atoms with Crippen LogP contribution in [0.2, 0.25) is 0 Å². The largest absolute Gasteiger partial charge is 0.478 e. The molecule has 104 valence electrons. The molecule has 0 heterocycles. The number of rotatable bonds is 7. The minimum absolute atomic E-state index is 0.370. The number of nitrogens with zero attached hydrogens (tertiary/aromatic N) is 1. The third-order valence-electron chi connectivity index (χ3n) is 2.69. The van der Waals surface area contributed by atoms with E-state index in [2.05, 4.69) is 0 Å². The molecule has 5 heteroatoms. The average molecular weight is 267 g/mol. The fourth-order valence-electron chi connectivity index (χ4n) is 1.79. The summed E-state index contributed by atoms with van der Waals surface area (Å²) in [4.78, 5) is 12.4. The monoisotopic (exact) mass is 267 g/mol. The number of para-hydroxylation sites is 1. The zero-order chi connectivity index (χ0) is 14.3. The molecule has 0 amide bonds. The van der Waals surface area contributed by atoms with E-state index in [1.54, 1.807) is 19.2 Å². The van der Waals surface area contributed by atoms with Crippen LogP contribution in [0, 0.1) is 5.82 Å². The molecule has 0 fully saturated rings. The lowest BCUT2D eigenvalue weighted by atomic mass is 10.1. The Morgan fingerprint density at radius 1 is 1.53 bits per heavy atom. The first-order chi connectivity index (χ1) is 9.10. The van der Waals surface area contributed by atoms with E-state index in [1.807, 2.05) is 11.8 Å². The van der Waals surface area contributed by atoms with Crippen LogP contribution in [0.25, 0.3) is 6.08 Å². The number of hydrogen-bond acceptors (Lipinski definition) is 3. The van der Waals surface area contributed by atoms with Gasteiger partial charge in [0.15, 0.2) is 0 Å². The highest BCUT2D eigenvalue weighted by atomic mass is 19.1. The molecule has 1 aromatic rings. The van der Waals surface area contributed by atoms with Crippen LogP contribution < -0.4 is 4.90 Å². The first kappa shape index (κ1) is 15.2. The molecule has 1 aromatic carbocycles. The van der Waals surface area contributed by atoms with E-state index in [4.69, 9.17) is 9.84 Å². The predicted molar refractivity (Wildman–Crippen MR) is 72.8 cm³/mol. The number of carboxylic acid groups (broad SMARTS) is 1. The number of methoxy groups -OCH3 is 1. The lowest BCUT2D eigenvalue weighted by Gasteiger charge is -2.25. The zero-order valence-corrected chi connectivity index (χ0v) is 11.1. The van der Waals surface area contributed by atoms with Crippen LogP contribution >= 0.6 is 0 Å². The van der Waals surface area contributed by atoms with Gasteiger partial charge in [-0.05, 0) is 19.1 Å². The number of anilines is 1. The Labute approximate surface area is 112 Å². The van der Waals surface area contributed by atoms with Gasteiger partial charge < -0.3 is 14.7 Å². The predicted octanol–water partition coefficient (Wildman–Crippen LogP) is 2.40. The highest BCUT2D eigenvalue weighted by Crippen LogP contribution is 2.25. The molecule has 0 aliphatic heterocycles. The van der Waals surface area contributed by atoms with Gasteiger partial charge in [0, 0.05) is 31.8 Å². The fraction of sp³-hybridized carbons (Fsp3) is 0.357. The maximum Gasteiger partial charge on any atom is 0.328 e. The Morgan fingerprint density at radius 2 is 2.26 bits per heavy atom. The molecule has 0 atom stereocenters. The summed E-state index contributed by atoms with van der Waals surface area (Å²) < 4.78 is 19.0. The summed E-state index contributed by atoms with van der Waals surface area (Å²) in [6.45, 7) is 3.54. The van der Waals surface area contributed by atoms with Gasteiger partial charge in [0.25, 0.3) is 0 Å². The van der Waals surface area contributed by atoms with Crippen molar-refractivity contribution >= 4 is 17.7 Å². The summed E-state index contributed by atoms with van der Waals surface area (Å²) in [5.74, 6) is -1.43. The van der Waals surface area contributed by atoms with E-state index < -0.39 is 5.97 Å². The van der Waals surface area contributed by atoms with Gasteiger partial charge in [-0.1, -0.05) is 12.1 Å². The quantitative estimate of drug-likeness (QED) is 0.771. The Bertz CT molecular complexity index is 460. The second-order valence-corrected chi connectivity index (χ2v) is 3.92. The van der Waals surface area contributed by atoms with Crippen molar-refractivity contribution in [3.8, 4) is 0 Å². The first-order valence-corrected chi connectivity index (χ1v) is 6.03. The van der Waals surface area contributed by atoms with Crippen LogP contribution in [-0.4, -0.2) is 37.9 Å². The van der Waals surface area contributed by atoms with E-state index in [1.165, 1.54) is 12.1 Å². The van der Waals surface area contributed by atoms with E-state index in [-0.39, 0.29) is 5.82 Å². The van der Waals surface area contributed by atoms with Crippen LogP contribution in [-0.2, 0) is 9.53 Å². The van der Waals surface area contributed by atoms with Gasteiger partial charge >= 0.3 is 5.97 Å². The second kappa shape index (κ2) is 7.53. The highest BCUT2D eigenvalue weighted by Gasteiger charge is 2.13. The lowest BCUT2D eigenvalue weighted by molar-refractivity contribution is -0.131. The summed E-state index contributed by atoms with van der Waals surface area (Å²) in [5.41, 5.74) is 0.944. The summed E-state index contributed by atoms with van der Waals surface area (Å²) in [5, 5.41) is 8.66. The molecule has 1 N–H and O–H groups in total. The molecule has 0 saturated carbocycles. The number of benzene rings is 1.